The Labute approximate surface area is 119 Å². The third-order valence-electron chi connectivity index (χ3n) is 3.45. The van der Waals surface area contributed by atoms with Crippen molar-refractivity contribution >= 4 is 5.90 Å². The molecule has 0 aliphatic carbocycles. The molecule has 20 heavy (non-hydrogen) atoms. The lowest BCUT2D eigenvalue weighted by Gasteiger charge is -2.13. The topological polar surface area (TPSA) is 21.6 Å². The maximum absolute atomic E-state index is 5.91. The SMILES string of the molecule is C=C[C@@H]1OC(c2ccccc2)=N[C@H]1Cc1ccccc1. The van der Waals surface area contributed by atoms with Crippen molar-refractivity contribution in [3.05, 3.63) is 84.4 Å². The summed E-state index contributed by atoms with van der Waals surface area (Å²) in [5.41, 5.74) is 2.29. The third-order valence-corrected chi connectivity index (χ3v) is 3.45. The van der Waals surface area contributed by atoms with E-state index >= 15 is 0 Å². The van der Waals surface area contributed by atoms with Gasteiger partial charge in [0.05, 0.1) is 6.04 Å². The van der Waals surface area contributed by atoms with Crippen LogP contribution in [-0.4, -0.2) is 18.0 Å². The second kappa shape index (κ2) is 5.74. The van der Waals surface area contributed by atoms with E-state index in [-0.39, 0.29) is 12.1 Å². The van der Waals surface area contributed by atoms with Crippen LogP contribution >= 0.6 is 0 Å². The van der Waals surface area contributed by atoms with Crippen molar-refractivity contribution in [3.63, 3.8) is 0 Å². The first-order valence-corrected chi connectivity index (χ1v) is 6.83. The Balaban J connectivity index is 1.82. The van der Waals surface area contributed by atoms with Crippen molar-refractivity contribution in [2.24, 2.45) is 4.99 Å². The lowest BCUT2D eigenvalue weighted by Crippen LogP contribution is -2.22. The lowest BCUT2D eigenvalue weighted by molar-refractivity contribution is 0.241. The highest BCUT2D eigenvalue weighted by Crippen LogP contribution is 2.22. The Morgan fingerprint density at radius 1 is 1.00 bits per heavy atom. The fraction of sp³-hybridized carbons (Fsp3) is 0.167. The minimum absolute atomic E-state index is 0.0505. The number of rotatable bonds is 4. The zero-order chi connectivity index (χ0) is 13.8. The molecule has 1 aliphatic heterocycles. The van der Waals surface area contributed by atoms with Gasteiger partial charge in [-0.25, -0.2) is 4.99 Å². The largest absolute Gasteiger partial charge is 0.468 e. The Morgan fingerprint density at radius 2 is 1.65 bits per heavy atom. The van der Waals surface area contributed by atoms with Crippen LogP contribution in [0.3, 0.4) is 0 Å². The van der Waals surface area contributed by atoms with E-state index < -0.39 is 0 Å². The highest BCUT2D eigenvalue weighted by Gasteiger charge is 2.29. The number of hydrogen-bond acceptors (Lipinski definition) is 2. The molecule has 1 aliphatic rings. The predicted octanol–water partition coefficient (Wildman–Crippen LogP) is 3.63. The average molecular weight is 263 g/mol. The number of nitrogens with zero attached hydrogens (tertiary/aromatic N) is 1. The van der Waals surface area contributed by atoms with Gasteiger partial charge in [0.25, 0.3) is 0 Å². The van der Waals surface area contributed by atoms with E-state index in [1.54, 1.807) is 0 Å². The molecule has 2 aromatic rings. The molecular weight excluding hydrogens is 246 g/mol. The zero-order valence-electron chi connectivity index (χ0n) is 11.3. The molecule has 2 atom stereocenters. The molecule has 3 rings (SSSR count). The summed E-state index contributed by atoms with van der Waals surface area (Å²) in [6.07, 6.45) is 2.66. The first-order chi connectivity index (χ1) is 9.86. The highest BCUT2D eigenvalue weighted by molar-refractivity contribution is 5.95. The quantitative estimate of drug-likeness (QED) is 0.772. The van der Waals surface area contributed by atoms with Gasteiger partial charge in [0.15, 0.2) is 0 Å². The molecule has 0 fully saturated rings. The summed E-state index contributed by atoms with van der Waals surface area (Å²) in [7, 11) is 0. The third kappa shape index (κ3) is 2.64. The first-order valence-electron chi connectivity index (χ1n) is 6.83. The Hall–Kier alpha value is -2.35. The van der Waals surface area contributed by atoms with Crippen LogP contribution in [0.1, 0.15) is 11.1 Å². The van der Waals surface area contributed by atoms with Crippen molar-refractivity contribution in [2.45, 2.75) is 18.6 Å². The van der Waals surface area contributed by atoms with Crippen molar-refractivity contribution in [2.75, 3.05) is 0 Å². The van der Waals surface area contributed by atoms with E-state index in [0.717, 1.165) is 17.9 Å². The molecule has 2 aromatic carbocycles. The number of benzene rings is 2. The van der Waals surface area contributed by atoms with Gasteiger partial charge >= 0.3 is 0 Å². The smallest absolute Gasteiger partial charge is 0.217 e. The Morgan fingerprint density at radius 3 is 2.30 bits per heavy atom. The molecule has 0 N–H and O–H groups in total. The minimum atomic E-state index is -0.0505. The van der Waals surface area contributed by atoms with E-state index in [0.29, 0.717) is 0 Å². The summed E-state index contributed by atoms with van der Waals surface area (Å²) in [5, 5.41) is 0. The average Bonchev–Trinajstić information content (AvgIpc) is 2.92. The van der Waals surface area contributed by atoms with Gasteiger partial charge in [-0.1, -0.05) is 55.1 Å². The molecule has 0 radical (unpaired) electrons. The monoisotopic (exact) mass is 263 g/mol. The summed E-state index contributed by atoms with van der Waals surface area (Å²) in [6, 6.07) is 20.5. The van der Waals surface area contributed by atoms with Gasteiger partial charge in [0.2, 0.25) is 5.90 Å². The summed E-state index contributed by atoms with van der Waals surface area (Å²) >= 11 is 0. The molecule has 0 aromatic heterocycles. The first kappa shape index (κ1) is 12.7. The van der Waals surface area contributed by atoms with Gasteiger partial charge in [-0.15, -0.1) is 0 Å². The summed E-state index contributed by atoms with van der Waals surface area (Å²) < 4.78 is 5.91. The fourth-order valence-corrected chi connectivity index (χ4v) is 2.41. The van der Waals surface area contributed by atoms with Gasteiger partial charge in [-0.05, 0) is 30.2 Å². The molecule has 2 nitrogen and oxygen atoms in total. The standard InChI is InChI=1S/C18H17NO/c1-2-17-16(13-14-9-5-3-6-10-14)19-18(20-17)15-11-7-4-8-12-15/h2-12,16-17H,1,13H2/t16-,17-/m0/s1. The number of aliphatic imine (C=N–C) groups is 1. The zero-order valence-corrected chi connectivity index (χ0v) is 11.3. The minimum Gasteiger partial charge on any atom is -0.468 e. The van der Waals surface area contributed by atoms with E-state index in [2.05, 4.69) is 30.8 Å². The van der Waals surface area contributed by atoms with Crippen molar-refractivity contribution < 1.29 is 4.74 Å². The predicted molar refractivity (Wildman–Crippen MR) is 82.0 cm³/mol. The van der Waals surface area contributed by atoms with E-state index in [4.69, 9.17) is 9.73 Å². The van der Waals surface area contributed by atoms with Gasteiger partial charge < -0.3 is 4.74 Å². The Bertz CT molecular complexity index is 604. The summed E-state index contributed by atoms with van der Waals surface area (Å²) in [5.74, 6) is 0.719. The molecule has 1 heterocycles. The second-order valence-corrected chi connectivity index (χ2v) is 4.88. The van der Waals surface area contributed by atoms with E-state index in [9.17, 15) is 0 Å². The number of hydrogen-bond donors (Lipinski definition) is 0. The molecule has 0 unspecified atom stereocenters. The molecule has 0 saturated carbocycles. The van der Waals surface area contributed by atoms with Crippen molar-refractivity contribution in [1.29, 1.82) is 0 Å². The molecular formula is C18H17NO. The molecule has 0 spiro atoms. The molecule has 100 valence electrons. The summed E-state index contributed by atoms with van der Waals surface area (Å²) in [6.45, 7) is 3.86. The normalized spacial score (nSPS) is 21.1. The lowest BCUT2D eigenvalue weighted by atomic mass is 10.0. The van der Waals surface area contributed by atoms with Crippen LogP contribution < -0.4 is 0 Å². The van der Waals surface area contributed by atoms with Crippen LogP contribution in [0.25, 0.3) is 0 Å². The van der Waals surface area contributed by atoms with Crippen LogP contribution in [-0.2, 0) is 11.2 Å². The van der Waals surface area contributed by atoms with Crippen LogP contribution in [0.4, 0.5) is 0 Å². The van der Waals surface area contributed by atoms with Crippen molar-refractivity contribution in [1.82, 2.24) is 0 Å². The second-order valence-electron chi connectivity index (χ2n) is 4.88. The Kier molecular flexibility index (Phi) is 3.64. The van der Waals surface area contributed by atoms with Gasteiger partial charge in [-0.3, -0.25) is 0 Å². The van der Waals surface area contributed by atoms with Gasteiger partial charge in [-0.2, -0.15) is 0 Å². The molecule has 0 saturated heterocycles. The summed E-state index contributed by atoms with van der Waals surface area (Å²) in [4.78, 5) is 4.73. The van der Waals surface area contributed by atoms with Crippen LogP contribution in [0.15, 0.2) is 78.3 Å². The van der Waals surface area contributed by atoms with Gasteiger partial charge in [0.1, 0.15) is 6.10 Å². The molecule has 0 amide bonds. The fourth-order valence-electron chi connectivity index (χ4n) is 2.41. The van der Waals surface area contributed by atoms with Gasteiger partial charge in [0, 0.05) is 5.56 Å². The maximum atomic E-state index is 5.91. The van der Waals surface area contributed by atoms with Crippen LogP contribution in [0.5, 0.6) is 0 Å². The van der Waals surface area contributed by atoms with E-state index in [1.165, 1.54) is 5.56 Å². The highest BCUT2D eigenvalue weighted by atomic mass is 16.5. The molecule has 0 bridgehead atoms. The number of ether oxygens (including phenoxy) is 1. The van der Waals surface area contributed by atoms with Crippen LogP contribution in [0.2, 0.25) is 0 Å². The van der Waals surface area contributed by atoms with Crippen LogP contribution in [0, 0.1) is 0 Å². The van der Waals surface area contributed by atoms with Crippen molar-refractivity contribution in [3.8, 4) is 0 Å². The maximum Gasteiger partial charge on any atom is 0.217 e. The molecule has 2 heteroatoms. The van der Waals surface area contributed by atoms with E-state index in [1.807, 2.05) is 42.5 Å².